The molecule has 6 heteroatoms. The lowest BCUT2D eigenvalue weighted by Crippen LogP contribution is -2.24. The molecule has 0 saturated carbocycles. The Morgan fingerprint density at radius 3 is 2.56 bits per heavy atom. The number of halogens is 2. The van der Waals surface area contributed by atoms with E-state index in [-0.39, 0.29) is 18.4 Å². The van der Waals surface area contributed by atoms with Gasteiger partial charge in [-0.2, -0.15) is 0 Å². The van der Waals surface area contributed by atoms with E-state index in [1.807, 2.05) is 37.3 Å². The van der Waals surface area contributed by atoms with Gasteiger partial charge in [-0.15, -0.1) is 0 Å². The van der Waals surface area contributed by atoms with E-state index in [0.717, 1.165) is 40.0 Å². The lowest BCUT2D eigenvalue weighted by atomic mass is 10.0. The van der Waals surface area contributed by atoms with Crippen LogP contribution in [0.25, 0.3) is 10.9 Å². The van der Waals surface area contributed by atoms with Crippen molar-refractivity contribution in [3.63, 3.8) is 0 Å². The summed E-state index contributed by atoms with van der Waals surface area (Å²) in [7, 11) is 0. The molecule has 2 aromatic heterocycles. The highest BCUT2D eigenvalue weighted by Gasteiger charge is 2.24. The van der Waals surface area contributed by atoms with Gasteiger partial charge in [0, 0.05) is 29.3 Å². The van der Waals surface area contributed by atoms with Crippen LogP contribution in [-0.2, 0) is 13.1 Å². The Morgan fingerprint density at radius 2 is 1.88 bits per heavy atom. The van der Waals surface area contributed by atoms with Gasteiger partial charge >= 0.3 is 0 Å². The summed E-state index contributed by atoms with van der Waals surface area (Å²) in [6.45, 7) is 6.79. The summed E-state index contributed by atoms with van der Waals surface area (Å²) < 4.78 is 28.9. The summed E-state index contributed by atoms with van der Waals surface area (Å²) in [6.07, 6.45) is 1.76. The third-order valence-corrected chi connectivity index (χ3v) is 5.52. The Bertz CT molecular complexity index is 1280. The van der Waals surface area contributed by atoms with Gasteiger partial charge in [0.1, 0.15) is 0 Å². The fourth-order valence-electron chi connectivity index (χ4n) is 4.06. The van der Waals surface area contributed by atoms with Gasteiger partial charge in [0.2, 0.25) is 0 Å². The summed E-state index contributed by atoms with van der Waals surface area (Å²) in [6, 6.07) is 15.5. The molecule has 0 bridgehead atoms. The number of nitrogens with one attached hydrogen (secondary N) is 1. The van der Waals surface area contributed by atoms with E-state index >= 15 is 0 Å². The Morgan fingerprint density at radius 1 is 1.06 bits per heavy atom. The van der Waals surface area contributed by atoms with Gasteiger partial charge in [-0.3, -0.25) is 9.78 Å². The number of aromatic nitrogens is 2. The van der Waals surface area contributed by atoms with E-state index in [1.54, 1.807) is 6.20 Å². The summed E-state index contributed by atoms with van der Waals surface area (Å²) in [5.74, 6) is -2.00. The molecule has 1 amide bonds. The molecular weight excluding hydrogens is 408 g/mol. The Hall–Kier alpha value is -3.54. The zero-order chi connectivity index (χ0) is 22.8. The number of benzene rings is 2. The van der Waals surface area contributed by atoms with E-state index in [0.29, 0.717) is 17.7 Å². The first-order valence-corrected chi connectivity index (χ1v) is 10.6. The molecule has 164 valence electrons. The standard InChI is InChI=1S/C26H25F2N3O/c1-16(2)25-24(26(32)30-14-18-8-10-21(27)22(28)13-18)20-9-7-17(3)12-23(20)31(25)15-19-6-4-5-11-29-19/h4-13,16H,14-15H2,1-3H3,(H,30,32). The highest BCUT2D eigenvalue weighted by molar-refractivity contribution is 6.08. The fraction of sp³-hybridized carbons (Fsp3) is 0.231. The van der Waals surface area contributed by atoms with Crippen molar-refractivity contribution in [2.24, 2.45) is 0 Å². The van der Waals surface area contributed by atoms with Gasteiger partial charge in [0.25, 0.3) is 5.91 Å². The molecule has 2 heterocycles. The molecule has 1 N–H and O–H groups in total. The number of hydrogen-bond acceptors (Lipinski definition) is 2. The molecule has 0 aliphatic heterocycles. The van der Waals surface area contributed by atoms with Crippen LogP contribution in [0, 0.1) is 18.6 Å². The molecule has 32 heavy (non-hydrogen) atoms. The summed E-state index contributed by atoms with van der Waals surface area (Å²) in [5.41, 5.74) is 4.99. The van der Waals surface area contributed by atoms with Crippen molar-refractivity contribution < 1.29 is 13.6 Å². The number of nitrogens with zero attached hydrogens (tertiary/aromatic N) is 2. The normalized spacial score (nSPS) is 11.3. The van der Waals surface area contributed by atoms with Crippen molar-refractivity contribution in [1.82, 2.24) is 14.9 Å². The summed E-state index contributed by atoms with van der Waals surface area (Å²) in [5, 5.41) is 3.74. The smallest absolute Gasteiger partial charge is 0.254 e. The number of pyridine rings is 1. The molecule has 0 aliphatic rings. The molecular formula is C26H25F2N3O. The Balaban J connectivity index is 1.76. The predicted molar refractivity (Wildman–Crippen MR) is 122 cm³/mol. The van der Waals surface area contributed by atoms with Gasteiger partial charge < -0.3 is 9.88 Å². The molecule has 0 fully saturated rings. The molecule has 0 aliphatic carbocycles. The minimum atomic E-state index is -0.929. The molecule has 4 rings (SSSR count). The number of aryl methyl sites for hydroxylation is 1. The van der Waals surface area contributed by atoms with Crippen LogP contribution in [0.15, 0.2) is 60.8 Å². The predicted octanol–water partition coefficient (Wildman–Crippen LogP) is 5.72. The lowest BCUT2D eigenvalue weighted by Gasteiger charge is -2.15. The quantitative estimate of drug-likeness (QED) is 0.422. The van der Waals surface area contributed by atoms with Crippen molar-refractivity contribution in [3.05, 3.63) is 101 Å². The van der Waals surface area contributed by atoms with E-state index in [4.69, 9.17) is 0 Å². The zero-order valence-corrected chi connectivity index (χ0v) is 18.3. The van der Waals surface area contributed by atoms with Crippen molar-refractivity contribution in [2.45, 2.75) is 39.8 Å². The monoisotopic (exact) mass is 433 g/mol. The van der Waals surface area contributed by atoms with Crippen LogP contribution >= 0.6 is 0 Å². The van der Waals surface area contributed by atoms with Gasteiger partial charge in [-0.05, 0) is 54.3 Å². The zero-order valence-electron chi connectivity index (χ0n) is 18.3. The number of carbonyl (C=O) groups is 1. The van der Waals surface area contributed by atoms with Crippen LogP contribution in [0.1, 0.15) is 52.6 Å². The summed E-state index contributed by atoms with van der Waals surface area (Å²) in [4.78, 5) is 17.8. The molecule has 4 nitrogen and oxygen atoms in total. The Labute approximate surface area is 185 Å². The maximum absolute atomic E-state index is 13.6. The lowest BCUT2D eigenvalue weighted by molar-refractivity contribution is 0.0951. The molecule has 4 aromatic rings. The van der Waals surface area contributed by atoms with Crippen molar-refractivity contribution in [2.75, 3.05) is 0 Å². The van der Waals surface area contributed by atoms with Crippen molar-refractivity contribution >= 4 is 16.8 Å². The number of rotatable bonds is 6. The van der Waals surface area contributed by atoms with Crippen LogP contribution < -0.4 is 5.32 Å². The van der Waals surface area contributed by atoms with Crippen LogP contribution in [0.2, 0.25) is 0 Å². The molecule has 0 saturated heterocycles. The topological polar surface area (TPSA) is 46.9 Å². The second-order valence-electron chi connectivity index (χ2n) is 8.27. The first kappa shape index (κ1) is 21.7. The third kappa shape index (κ3) is 4.26. The van der Waals surface area contributed by atoms with Crippen molar-refractivity contribution in [3.8, 4) is 0 Å². The molecule has 0 radical (unpaired) electrons. The van der Waals surface area contributed by atoms with Gasteiger partial charge in [0.05, 0.1) is 17.8 Å². The van der Waals surface area contributed by atoms with Gasteiger partial charge in [0.15, 0.2) is 11.6 Å². The second kappa shape index (κ2) is 8.91. The molecule has 2 aromatic carbocycles. The molecule has 0 atom stereocenters. The first-order valence-electron chi connectivity index (χ1n) is 10.6. The fourth-order valence-corrected chi connectivity index (χ4v) is 4.06. The van der Waals surface area contributed by atoms with E-state index in [2.05, 4.69) is 34.8 Å². The largest absolute Gasteiger partial charge is 0.348 e. The first-order chi connectivity index (χ1) is 15.3. The van der Waals surface area contributed by atoms with Crippen LogP contribution in [0.3, 0.4) is 0 Å². The highest BCUT2D eigenvalue weighted by Crippen LogP contribution is 2.32. The second-order valence-corrected chi connectivity index (χ2v) is 8.27. The maximum atomic E-state index is 13.6. The minimum Gasteiger partial charge on any atom is -0.348 e. The molecule has 0 unspecified atom stereocenters. The van der Waals surface area contributed by atoms with Crippen LogP contribution in [0.4, 0.5) is 8.78 Å². The molecule has 0 spiro atoms. The number of carbonyl (C=O) groups excluding carboxylic acids is 1. The summed E-state index contributed by atoms with van der Waals surface area (Å²) >= 11 is 0. The number of fused-ring (bicyclic) bond motifs is 1. The van der Waals surface area contributed by atoms with Gasteiger partial charge in [-0.1, -0.05) is 38.1 Å². The SMILES string of the molecule is Cc1ccc2c(C(=O)NCc3ccc(F)c(F)c3)c(C(C)C)n(Cc3ccccn3)c2c1. The average molecular weight is 434 g/mol. The van der Waals surface area contributed by atoms with Crippen LogP contribution in [0.5, 0.6) is 0 Å². The highest BCUT2D eigenvalue weighted by atomic mass is 19.2. The van der Waals surface area contributed by atoms with E-state index in [9.17, 15) is 13.6 Å². The van der Waals surface area contributed by atoms with Crippen molar-refractivity contribution in [1.29, 1.82) is 0 Å². The van der Waals surface area contributed by atoms with E-state index < -0.39 is 11.6 Å². The average Bonchev–Trinajstić information content (AvgIpc) is 3.08. The van der Waals surface area contributed by atoms with Gasteiger partial charge in [-0.25, -0.2) is 8.78 Å². The van der Waals surface area contributed by atoms with Crippen LogP contribution in [-0.4, -0.2) is 15.5 Å². The number of hydrogen-bond donors (Lipinski definition) is 1. The maximum Gasteiger partial charge on any atom is 0.254 e. The van der Waals surface area contributed by atoms with E-state index in [1.165, 1.54) is 6.07 Å². The number of amides is 1. The Kier molecular flexibility index (Phi) is 6.04. The third-order valence-electron chi connectivity index (χ3n) is 5.52. The minimum absolute atomic E-state index is 0.0791.